The Balaban J connectivity index is 1.64. The molecule has 0 spiro atoms. The molecule has 25 heavy (non-hydrogen) atoms. The molecule has 0 saturated heterocycles. The number of ether oxygens (including phenoxy) is 1. The van der Waals surface area contributed by atoms with Crippen molar-refractivity contribution in [1.82, 2.24) is 5.32 Å². The van der Waals surface area contributed by atoms with Crippen molar-refractivity contribution in [3.05, 3.63) is 29.8 Å². The lowest BCUT2D eigenvalue weighted by molar-refractivity contribution is -0.126. The smallest absolute Gasteiger partial charge is 0.223 e. The van der Waals surface area contributed by atoms with Crippen molar-refractivity contribution in [3.8, 4) is 5.75 Å². The third-order valence-electron chi connectivity index (χ3n) is 5.22. The molecule has 2 N–H and O–H groups in total. The lowest BCUT2D eigenvalue weighted by Crippen LogP contribution is -2.39. The number of nitrogens with one attached hydrogen (secondary N) is 1. The van der Waals surface area contributed by atoms with Crippen molar-refractivity contribution < 1.29 is 14.6 Å². The van der Waals surface area contributed by atoms with Gasteiger partial charge in [0.15, 0.2) is 0 Å². The summed E-state index contributed by atoms with van der Waals surface area (Å²) >= 11 is 0. The third kappa shape index (κ3) is 6.69. The average Bonchev–Trinajstić information content (AvgIpc) is 2.64. The first-order valence-corrected chi connectivity index (χ1v) is 9.74. The number of benzene rings is 1. The minimum absolute atomic E-state index is 0.0869. The summed E-state index contributed by atoms with van der Waals surface area (Å²) in [7, 11) is 0. The van der Waals surface area contributed by atoms with Crippen LogP contribution < -0.4 is 10.1 Å². The van der Waals surface area contributed by atoms with Crippen LogP contribution >= 0.6 is 0 Å². The van der Waals surface area contributed by atoms with E-state index >= 15 is 0 Å². The highest BCUT2D eigenvalue weighted by atomic mass is 16.5. The van der Waals surface area contributed by atoms with Crippen LogP contribution in [-0.2, 0) is 4.79 Å². The molecule has 140 valence electrons. The van der Waals surface area contributed by atoms with Crippen LogP contribution in [0.3, 0.4) is 0 Å². The highest BCUT2D eigenvalue weighted by molar-refractivity contribution is 5.78. The molecule has 2 rings (SSSR count). The van der Waals surface area contributed by atoms with E-state index in [1.165, 1.54) is 19.3 Å². The second-order valence-corrected chi connectivity index (χ2v) is 7.34. The fourth-order valence-electron chi connectivity index (χ4n) is 3.53. The van der Waals surface area contributed by atoms with Gasteiger partial charge in [0, 0.05) is 12.5 Å². The van der Waals surface area contributed by atoms with Gasteiger partial charge in [-0.2, -0.15) is 0 Å². The van der Waals surface area contributed by atoms with E-state index in [1.54, 1.807) is 0 Å². The van der Waals surface area contributed by atoms with Crippen LogP contribution in [0.25, 0.3) is 0 Å². The molecule has 0 heterocycles. The van der Waals surface area contributed by atoms with Crippen molar-refractivity contribution in [1.29, 1.82) is 0 Å². The molecule has 1 unspecified atom stereocenters. The maximum absolute atomic E-state index is 12.3. The van der Waals surface area contributed by atoms with Crippen molar-refractivity contribution >= 4 is 5.91 Å². The second-order valence-electron chi connectivity index (χ2n) is 7.34. The number of unbranched alkanes of at least 4 members (excludes halogenated alkanes) is 1. The summed E-state index contributed by atoms with van der Waals surface area (Å²) in [5, 5.41) is 12.9. The highest BCUT2D eigenvalue weighted by Gasteiger charge is 2.26. The molecule has 1 saturated carbocycles. The molecule has 1 aromatic carbocycles. The van der Waals surface area contributed by atoms with E-state index in [9.17, 15) is 9.90 Å². The van der Waals surface area contributed by atoms with Crippen LogP contribution in [-0.4, -0.2) is 30.3 Å². The fourth-order valence-corrected chi connectivity index (χ4v) is 3.53. The summed E-state index contributed by atoms with van der Waals surface area (Å²) in [6, 6.07) is 7.72. The molecule has 1 aliphatic rings. The van der Waals surface area contributed by atoms with E-state index < -0.39 is 6.10 Å². The predicted molar refractivity (Wildman–Crippen MR) is 101 cm³/mol. The number of hydrogen-bond acceptors (Lipinski definition) is 3. The van der Waals surface area contributed by atoms with E-state index in [4.69, 9.17) is 4.74 Å². The van der Waals surface area contributed by atoms with Gasteiger partial charge in [0.05, 0.1) is 0 Å². The molecule has 0 radical (unpaired) electrons. The summed E-state index contributed by atoms with van der Waals surface area (Å²) < 4.78 is 5.63. The summed E-state index contributed by atoms with van der Waals surface area (Å²) in [6.45, 7) is 4.64. The molecule has 1 aliphatic carbocycles. The zero-order chi connectivity index (χ0) is 18.1. The molecule has 4 nitrogen and oxygen atoms in total. The van der Waals surface area contributed by atoms with Gasteiger partial charge in [0.25, 0.3) is 0 Å². The third-order valence-corrected chi connectivity index (χ3v) is 5.22. The fraction of sp³-hybridized carbons (Fsp3) is 0.667. The molecule has 1 aromatic rings. The van der Waals surface area contributed by atoms with Gasteiger partial charge in [-0.3, -0.25) is 4.79 Å². The minimum atomic E-state index is -0.690. The van der Waals surface area contributed by atoms with E-state index in [2.05, 4.69) is 12.2 Å². The minimum Gasteiger partial charge on any atom is -0.491 e. The van der Waals surface area contributed by atoms with Crippen LogP contribution in [0.4, 0.5) is 0 Å². The van der Waals surface area contributed by atoms with Gasteiger partial charge < -0.3 is 15.2 Å². The number of carbonyl (C=O) groups is 1. The molecular weight excluding hydrogens is 314 g/mol. The largest absolute Gasteiger partial charge is 0.491 e. The molecule has 0 aliphatic heterocycles. The normalized spacial score (nSPS) is 21.6. The van der Waals surface area contributed by atoms with Crippen molar-refractivity contribution in [3.63, 3.8) is 0 Å². The van der Waals surface area contributed by atoms with Gasteiger partial charge in [0.1, 0.15) is 18.5 Å². The van der Waals surface area contributed by atoms with Gasteiger partial charge in [-0.15, -0.1) is 0 Å². The van der Waals surface area contributed by atoms with E-state index in [0.717, 1.165) is 42.9 Å². The Kier molecular flexibility index (Phi) is 8.26. The first-order valence-electron chi connectivity index (χ1n) is 9.74. The summed E-state index contributed by atoms with van der Waals surface area (Å²) in [5.74, 6) is 1.78. The number of aliphatic hydroxyl groups is 1. The standard InChI is InChI=1S/C21H33NO3/c1-3-4-8-17-10-12-18(13-11-17)21(24)22-14-19(23)15-25-20-9-6-5-7-16(20)2/h5-7,9,17-19,23H,3-4,8,10-15H2,1-2H3,(H,22,24). The molecule has 1 atom stereocenters. The number of rotatable bonds is 9. The Labute approximate surface area is 152 Å². The van der Waals surface area contributed by atoms with Crippen LogP contribution in [0, 0.1) is 18.8 Å². The van der Waals surface area contributed by atoms with Gasteiger partial charge in [-0.25, -0.2) is 0 Å². The van der Waals surface area contributed by atoms with Crippen LogP contribution in [0.2, 0.25) is 0 Å². The number of aryl methyl sites for hydroxylation is 1. The number of amides is 1. The monoisotopic (exact) mass is 347 g/mol. The molecule has 0 bridgehead atoms. The predicted octanol–water partition coefficient (Wildman–Crippen LogP) is 3.85. The molecule has 0 aromatic heterocycles. The number of carbonyl (C=O) groups excluding carboxylic acids is 1. The van der Waals surface area contributed by atoms with Gasteiger partial charge in [-0.1, -0.05) is 44.4 Å². The SMILES string of the molecule is CCCCC1CCC(C(=O)NCC(O)COc2ccccc2C)CC1. The Bertz CT molecular complexity index is 524. The second kappa shape index (κ2) is 10.4. The quantitative estimate of drug-likeness (QED) is 0.713. The molecule has 4 heteroatoms. The van der Waals surface area contributed by atoms with Crippen molar-refractivity contribution in [2.24, 2.45) is 11.8 Å². The Morgan fingerprint density at radius 3 is 2.68 bits per heavy atom. The maximum Gasteiger partial charge on any atom is 0.223 e. The topological polar surface area (TPSA) is 58.6 Å². The van der Waals surface area contributed by atoms with Crippen LogP contribution in [0.5, 0.6) is 5.75 Å². The first-order chi connectivity index (χ1) is 12.1. The maximum atomic E-state index is 12.3. The van der Waals surface area contributed by atoms with Gasteiger partial charge >= 0.3 is 0 Å². The lowest BCUT2D eigenvalue weighted by atomic mass is 9.79. The Hall–Kier alpha value is -1.55. The number of hydrogen-bond donors (Lipinski definition) is 2. The first kappa shape index (κ1) is 19.8. The van der Waals surface area contributed by atoms with E-state index in [-0.39, 0.29) is 25.0 Å². The number of aliphatic hydroxyl groups excluding tert-OH is 1. The molecule has 1 fully saturated rings. The van der Waals surface area contributed by atoms with E-state index in [0.29, 0.717) is 0 Å². The zero-order valence-corrected chi connectivity index (χ0v) is 15.7. The van der Waals surface area contributed by atoms with Gasteiger partial charge in [0.2, 0.25) is 5.91 Å². The Morgan fingerprint density at radius 2 is 2.00 bits per heavy atom. The van der Waals surface area contributed by atoms with Crippen molar-refractivity contribution in [2.45, 2.75) is 64.9 Å². The Morgan fingerprint density at radius 1 is 1.28 bits per heavy atom. The van der Waals surface area contributed by atoms with Crippen LogP contribution in [0.15, 0.2) is 24.3 Å². The highest BCUT2D eigenvalue weighted by Crippen LogP contribution is 2.31. The van der Waals surface area contributed by atoms with Crippen molar-refractivity contribution in [2.75, 3.05) is 13.2 Å². The molecular formula is C21H33NO3. The van der Waals surface area contributed by atoms with Crippen LogP contribution in [0.1, 0.15) is 57.4 Å². The van der Waals surface area contributed by atoms with E-state index in [1.807, 2.05) is 31.2 Å². The average molecular weight is 347 g/mol. The lowest BCUT2D eigenvalue weighted by Gasteiger charge is -2.28. The summed E-state index contributed by atoms with van der Waals surface area (Å²) in [4.78, 5) is 12.3. The zero-order valence-electron chi connectivity index (χ0n) is 15.7. The van der Waals surface area contributed by atoms with Gasteiger partial charge in [-0.05, 0) is 50.2 Å². The number of para-hydroxylation sites is 1. The molecule has 1 amide bonds. The summed E-state index contributed by atoms with van der Waals surface area (Å²) in [6.07, 6.45) is 7.46. The summed E-state index contributed by atoms with van der Waals surface area (Å²) in [5.41, 5.74) is 1.04.